The van der Waals surface area contributed by atoms with Crippen LogP contribution >= 0.6 is 0 Å². The predicted octanol–water partition coefficient (Wildman–Crippen LogP) is 0.980. The lowest BCUT2D eigenvalue weighted by Gasteiger charge is -2.34. The third kappa shape index (κ3) is 5.85. The van der Waals surface area contributed by atoms with Gasteiger partial charge in [-0.25, -0.2) is 9.37 Å². The summed E-state index contributed by atoms with van der Waals surface area (Å²) < 4.78 is 14.6. The number of carbonyl (C=O) groups is 2. The second-order valence-corrected chi connectivity index (χ2v) is 6.47. The molecule has 3 rings (SSSR count). The summed E-state index contributed by atoms with van der Waals surface area (Å²) in [6, 6.07) is 5.68. The van der Waals surface area contributed by atoms with E-state index in [2.05, 4.69) is 15.4 Å². The number of halogens is 1. The number of carbonyl (C=O) groups excluding carboxylic acids is 2. The normalized spacial score (nSPS) is 14.9. The number of aromatic nitrogens is 3. The molecule has 0 saturated carbocycles. The summed E-state index contributed by atoms with van der Waals surface area (Å²) in [5.74, 6) is -0.352. The second-order valence-electron chi connectivity index (χ2n) is 6.47. The Hall–Kier alpha value is -2.81. The number of amides is 2. The van der Waals surface area contributed by atoms with E-state index in [1.165, 1.54) is 30.6 Å². The smallest absolute Gasteiger partial charge is 0.238 e. The van der Waals surface area contributed by atoms with Gasteiger partial charge in [-0.3, -0.25) is 19.2 Å². The van der Waals surface area contributed by atoms with Crippen LogP contribution in [-0.4, -0.2) is 69.1 Å². The number of piperazine rings is 1. The molecule has 9 heteroatoms. The SMILES string of the molecule is O=C(CN1CCN(C(=O)CCCn2cncn2)CC1)Nc1ccc(F)cc1. The fourth-order valence-electron chi connectivity index (χ4n) is 2.99. The summed E-state index contributed by atoms with van der Waals surface area (Å²) >= 11 is 0. The number of anilines is 1. The monoisotopic (exact) mass is 374 g/mol. The van der Waals surface area contributed by atoms with Gasteiger partial charge in [0.1, 0.15) is 18.5 Å². The molecule has 2 heterocycles. The summed E-state index contributed by atoms with van der Waals surface area (Å²) in [4.78, 5) is 32.1. The topological polar surface area (TPSA) is 83.4 Å². The number of aryl methyl sites for hydroxylation is 1. The molecule has 0 radical (unpaired) electrons. The maximum atomic E-state index is 12.9. The lowest BCUT2D eigenvalue weighted by Crippen LogP contribution is -2.50. The molecule has 0 unspecified atom stereocenters. The minimum Gasteiger partial charge on any atom is -0.340 e. The predicted molar refractivity (Wildman–Crippen MR) is 97.3 cm³/mol. The van der Waals surface area contributed by atoms with Crippen LogP contribution in [0.4, 0.5) is 10.1 Å². The number of benzene rings is 1. The van der Waals surface area contributed by atoms with E-state index in [1.807, 2.05) is 9.80 Å². The van der Waals surface area contributed by atoms with Gasteiger partial charge in [0.05, 0.1) is 6.54 Å². The van der Waals surface area contributed by atoms with Gasteiger partial charge in [-0.1, -0.05) is 0 Å². The minimum atomic E-state index is -0.338. The third-order valence-corrected chi connectivity index (χ3v) is 4.46. The maximum Gasteiger partial charge on any atom is 0.238 e. The summed E-state index contributed by atoms with van der Waals surface area (Å²) in [5, 5.41) is 6.77. The molecule has 1 aromatic heterocycles. The van der Waals surface area contributed by atoms with E-state index in [0.717, 1.165) is 6.42 Å². The molecule has 2 amide bonds. The van der Waals surface area contributed by atoms with Crippen molar-refractivity contribution in [2.45, 2.75) is 19.4 Å². The van der Waals surface area contributed by atoms with Crippen LogP contribution in [0.25, 0.3) is 0 Å². The van der Waals surface area contributed by atoms with Gasteiger partial charge in [-0.2, -0.15) is 5.10 Å². The maximum absolute atomic E-state index is 12.9. The standard InChI is InChI=1S/C18H23FN6O2/c19-15-3-5-16(6-4-15)22-17(26)12-23-8-10-24(11-9-23)18(27)2-1-7-25-14-20-13-21-25/h3-6,13-14H,1-2,7-12H2,(H,22,26). The van der Waals surface area contributed by atoms with E-state index in [9.17, 15) is 14.0 Å². The van der Waals surface area contributed by atoms with E-state index in [0.29, 0.717) is 44.8 Å². The highest BCUT2D eigenvalue weighted by Crippen LogP contribution is 2.09. The molecule has 0 atom stereocenters. The number of hydrogen-bond donors (Lipinski definition) is 1. The van der Waals surface area contributed by atoms with Crippen LogP contribution in [0.5, 0.6) is 0 Å². The van der Waals surface area contributed by atoms with Crippen LogP contribution in [-0.2, 0) is 16.1 Å². The molecule has 1 N–H and O–H groups in total. The van der Waals surface area contributed by atoms with E-state index in [4.69, 9.17) is 0 Å². The van der Waals surface area contributed by atoms with E-state index in [1.54, 1.807) is 11.0 Å². The van der Waals surface area contributed by atoms with Crippen molar-refractivity contribution in [2.75, 3.05) is 38.0 Å². The molecule has 144 valence electrons. The quantitative estimate of drug-likeness (QED) is 0.781. The first-order chi connectivity index (χ1) is 13.1. The number of hydrogen-bond acceptors (Lipinski definition) is 5. The van der Waals surface area contributed by atoms with Crippen molar-refractivity contribution < 1.29 is 14.0 Å². The molecule has 1 saturated heterocycles. The van der Waals surface area contributed by atoms with Crippen LogP contribution < -0.4 is 5.32 Å². The number of rotatable bonds is 7. The molecular weight excluding hydrogens is 351 g/mol. The Morgan fingerprint density at radius 1 is 1.11 bits per heavy atom. The van der Waals surface area contributed by atoms with E-state index >= 15 is 0 Å². The van der Waals surface area contributed by atoms with Gasteiger partial charge >= 0.3 is 0 Å². The summed E-state index contributed by atoms with van der Waals surface area (Å²) in [5.41, 5.74) is 0.572. The Labute approximate surface area is 157 Å². The van der Waals surface area contributed by atoms with Gasteiger partial charge in [0, 0.05) is 44.8 Å². The molecule has 0 spiro atoms. The average Bonchev–Trinajstić information content (AvgIpc) is 3.17. The molecule has 27 heavy (non-hydrogen) atoms. The lowest BCUT2D eigenvalue weighted by atomic mass is 10.2. The Kier molecular flexibility index (Phi) is 6.48. The third-order valence-electron chi connectivity index (χ3n) is 4.46. The van der Waals surface area contributed by atoms with Gasteiger partial charge in [0.25, 0.3) is 0 Å². The molecule has 0 aliphatic carbocycles. The molecule has 2 aromatic rings. The van der Waals surface area contributed by atoms with E-state index < -0.39 is 0 Å². The molecule has 1 aromatic carbocycles. The van der Waals surface area contributed by atoms with Gasteiger partial charge in [0.15, 0.2) is 0 Å². The molecule has 1 fully saturated rings. The van der Waals surface area contributed by atoms with Crippen LogP contribution in [0.15, 0.2) is 36.9 Å². The molecule has 8 nitrogen and oxygen atoms in total. The Morgan fingerprint density at radius 3 is 2.52 bits per heavy atom. The molecule has 0 bridgehead atoms. The Bertz CT molecular complexity index is 742. The van der Waals surface area contributed by atoms with Crippen molar-refractivity contribution in [1.82, 2.24) is 24.6 Å². The first-order valence-corrected chi connectivity index (χ1v) is 8.98. The highest BCUT2D eigenvalue weighted by atomic mass is 19.1. The van der Waals surface area contributed by atoms with Crippen LogP contribution in [0.3, 0.4) is 0 Å². The van der Waals surface area contributed by atoms with Crippen molar-refractivity contribution >= 4 is 17.5 Å². The fourth-order valence-corrected chi connectivity index (χ4v) is 2.99. The zero-order valence-corrected chi connectivity index (χ0v) is 15.1. The van der Waals surface area contributed by atoms with E-state index in [-0.39, 0.29) is 24.2 Å². The molecular formula is C18H23FN6O2. The zero-order chi connectivity index (χ0) is 19.1. The number of nitrogens with zero attached hydrogens (tertiary/aromatic N) is 5. The number of nitrogens with one attached hydrogen (secondary N) is 1. The summed E-state index contributed by atoms with van der Waals surface area (Å²) in [6.45, 7) is 3.48. The first kappa shape index (κ1) is 19.0. The molecule has 1 aliphatic heterocycles. The first-order valence-electron chi connectivity index (χ1n) is 8.98. The van der Waals surface area contributed by atoms with Crippen LogP contribution in [0.2, 0.25) is 0 Å². The Morgan fingerprint density at radius 2 is 1.85 bits per heavy atom. The van der Waals surface area contributed by atoms with Crippen molar-refractivity contribution in [3.05, 3.63) is 42.7 Å². The molecule has 1 aliphatic rings. The zero-order valence-electron chi connectivity index (χ0n) is 15.1. The van der Waals surface area contributed by atoms with Crippen molar-refractivity contribution in [3.63, 3.8) is 0 Å². The van der Waals surface area contributed by atoms with Crippen LogP contribution in [0.1, 0.15) is 12.8 Å². The largest absolute Gasteiger partial charge is 0.340 e. The van der Waals surface area contributed by atoms with Crippen molar-refractivity contribution in [2.24, 2.45) is 0 Å². The average molecular weight is 374 g/mol. The fraction of sp³-hybridized carbons (Fsp3) is 0.444. The van der Waals surface area contributed by atoms with Gasteiger partial charge in [0.2, 0.25) is 11.8 Å². The Balaban J connectivity index is 1.34. The van der Waals surface area contributed by atoms with Gasteiger partial charge in [-0.15, -0.1) is 0 Å². The minimum absolute atomic E-state index is 0.130. The second kappa shape index (κ2) is 9.22. The summed E-state index contributed by atoms with van der Waals surface area (Å²) in [7, 11) is 0. The highest BCUT2D eigenvalue weighted by molar-refractivity contribution is 5.92. The lowest BCUT2D eigenvalue weighted by molar-refractivity contribution is -0.133. The van der Waals surface area contributed by atoms with Crippen LogP contribution in [0, 0.1) is 5.82 Å². The summed E-state index contributed by atoms with van der Waals surface area (Å²) in [6.07, 6.45) is 4.32. The van der Waals surface area contributed by atoms with Crippen molar-refractivity contribution in [1.29, 1.82) is 0 Å². The van der Waals surface area contributed by atoms with Crippen molar-refractivity contribution in [3.8, 4) is 0 Å². The van der Waals surface area contributed by atoms with Gasteiger partial charge in [-0.05, 0) is 30.7 Å². The van der Waals surface area contributed by atoms with Gasteiger partial charge < -0.3 is 10.2 Å². The highest BCUT2D eigenvalue weighted by Gasteiger charge is 2.22.